The zero-order valence-electron chi connectivity index (χ0n) is 19.8. The molecule has 0 spiro atoms. The quantitative estimate of drug-likeness (QED) is 0.590. The molecule has 9 nitrogen and oxygen atoms in total. The molecule has 2 aromatic rings. The van der Waals surface area contributed by atoms with Gasteiger partial charge in [-0.3, -0.25) is 4.79 Å². The first-order valence-electron chi connectivity index (χ1n) is 11.4. The van der Waals surface area contributed by atoms with E-state index in [-0.39, 0.29) is 16.7 Å². The minimum atomic E-state index is -3.66. The van der Waals surface area contributed by atoms with Gasteiger partial charge in [0.15, 0.2) is 0 Å². The second-order valence-corrected chi connectivity index (χ2v) is 10.3. The molecule has 0 aliphatic carbocycles. The van der Waals surface area contributed by atoms with Crippen LogP contribution in [0.1, 0.15) is 37.2 Å². The van der Waals surface area contributed by atoms with Crippen molar-refractivity contribution in [3.63, 3.8) is 0 Å². The van der Waals surface area contributed by atoms with E-state index in [0.29, 0.717) is 44.1 Å². The maximum absolute atomic E-state index is 13.3. The molecule has 0 radical (unpaired) electrons. The Bertz CT molecular complexity index is 1130. The molecular weight excluding hydrogens is 461 g/mol. The number of piperidine rings is 1. The summed E-state index contributed by atoms with van der Waals surface area (Å²) in [7, 11) is -2.00. The minimum Gasteiger partial charge on any atom is -0.345 e. The van der Waals surface area contributed by atoms with Crippen LogP contribution in [0.15, 0.2) is 41.4 Å². The van der Waals surface area contributed by atoms with Crippen LogP contribution in [-0.4, -0.2) is 66.9 Å². The molecule has 1 unspecified atom stereocenters. The maximum atomic E-state index is 13.3. The molecule has 1 aliphatic heterocycles. The first-order valence-corrected chi connectivity index (χ1v) is 12.9. The lowest BCUT2D eigenvalue weighted by Crippen LogP contribution is -2.44. The van der Waals surface area contributed by atoms with Gasteiger partial charge in [-0.25, -0.2) is 17.6 Å². The van der Waals surface area contributed by atoms with Crippen LogP contribution >= 0.6 is 0 Å². The van der Waals surface area contributed by atoms with E-state index in [0.717, 1.165) is 12.8 Å². The number of aromatic nitrogens is 1. The lowest BCUT2D eigenvalue weighted by molar-refractivity contribution is 0.0665. The molecule has 0 bridgehead atoms. The van der Waals surface area contributed by atoms with Gasteiger partial charge in [0, 0.05) is 51.7 Å². The van der Waals surface area contributed by atoms with Gasteiger partial charge in [0.25, 0.3) is 5.91 Å². The van der Waals surface area contributed by atoms with E-state index in [1.165, 1.54) is 34.8 Å². The summed E-state index contributed by atoms with van der Waals surface area (Å²) in [5.74, 6) is -0.625. The summed E-state index contributed by atoms with van der Waals surface area (Å²) < 4.78 is 41.8. The van der Waals surface area contributed by atoms with Crippen LogP contribution in [0.2, 0.25) is 0 Å². The van der Waals surface area contributed by atoms with Crippen molar-refractivity contribution < 1.29 is 22.4 Å². The summed E-state index contributed by atoms with van der Waals surface area (Å²) in [5, 5.41) is 5.37. The molecule has 1 aliphatic rings. The van der Waals surface area contributed by atoms with Crippen molar-refractivity contribution in [3.8, 4) is 0 Å². The molecular formula is C23H32FN5O4S. The highest BCUT2D eigenvalue weighted by atomic mass is 32.2. The zero-order chi connectivity index (χ0) is 24.9. The molecule has 34 heavy (non-hydrogen) atoms. The van der Waals surface area contributed by atoms with Crippen molar-refractivity contribution >= 4 is 27.6 Å². The van der Waals surface area contributed by atoms with Crippen molar-refractivity contribution in [2.24, 2.45) is 13.0 Å². The summed E-state index contributed by atoms with van der Waals surface area (Å²) in [6.07, 6.45) is 3.10. The van der Waals surface area contributed by atoms with Gasteiger partial charge in [-0.1, -0.05) is 19.9 Å². The lowest BCUT2D eigenvalue weighted by Gasteiger charge is -2.33. The molecule has 1 fully saturated rings. The van der Waals surface area contributed by atoms with E-state index in [4.69, 9.17) is 0 Å². The largest absolute Gasteiger partial charge is 0.345 e. The molecule has 1 aromatic heterocycles. The van der Waals surface area contributed by atoms with Crippen LogP contribution in [0.5, 0.6) is 0 Å². The number of amides is 3. The number of likely N-dealkylation sites (tertiary alicyclic amines) is 1. The highest BCUT2D eigenvalue weighted by Gasteiger charge is 2.29. The number of sulfonamides is 1. The number of carbonyl (C=O) groups is 2. The van der Waals surface area contributed by atoms with Crippen molar-refractivity contribution in [2.45, 2.75) is 31.6 Å². The average Bonchev–Trinajstić information content (AvgIpc) is 3.20. The molecule has 2 heterocycles. The van der Waals surface area contributed by atoms with Gasteiger partial charge >= 0.3 is 6.03 Å². The third kappa shape index (κ3) is 5.95. The third-order valence-corrected chi connectivity index (χ3v) is 8.00. The van der Waals surface area contributed by atoms with Crippen LogP contribution in [0, 0.1) is 11.7 Å². The molecule has 186 valence electrons. The van der Waals surface area contributed by atoms with Crippen LogP contribution in [0.25, 0.3) is 0 Å². The first-order chi connectivity index (χ1) is 16.1. The second-order valence-electron chi connectivity index (χ2n) is 8.37. The van der Waals surface area contributed by atoms with Crippen molar-refractivity contribution in [2.75, 3.05) is 38.0 Å². The fourth-order valence-corrected chi connectivity index (χ4v) is 5.69. The SMILES string of the molecule is CCN(CC)S(=O)(=O)c1cc(C(=O)N2CCCC(CNC(=O)Nc3cccc(F)c3)C2)n(C)c1. The van der Waals surface area contributed by atoms with Gasteiger partial charge in [-0.15, -0.1) is 0 Å². The zero-order valence-corrected chi connectivity index (χ0v) is 20.6. The number of benzene rings is 1. The number of halogens is 1. The molecule has 1 atom stereocenters. The monoisotopic (exact) mass is 493 g/mol. The number of hydrogen-bond donors (Lipinski definition) is 2. The predicted octanol–water partition coefficient (Wildman–Crippen LogP) is 2.87. The number of rotatable bonds is 8. The minimum absolute atomic E-state index is 0.0510. The van der Waals surface area contributed by atoms with E-state index < -0.39 is 21.9 Å². The summed E-state index contributed by atoms with van der Waals surface area (Å²) in [4.78, 5) is 27.1. The van der Waals surface area contributed by atoms with Gasteiger partial charge < -0.3 is 20.1 Å². The normalized spacial score (nSPS) is 16.5. The molecule has 3 amide bonds. The fraction of sp³-hybridized carbons (Fsp3) is 0.478. The summed E-state index contributed by atoms with van der Waals surface area (Å²) in [6, 6.07) is 6.63. The molecule has 2 N–H and O–H groups in total. The number of nitrogens with zero attached hydrogens (tertiary/aromatic N) is 3. The van der Waals surface area contributed by atoms with Crippen LogP contribution in [-0.2, 0) is 17.1 Å². The van der Waals surface area contributed by atoms with Gasteiger partial charge in [-0.05, 0) is 43.0 Å². The Kier molecular flexibility index (Phi) is 8.32. The standard InChI is InChI=1S/C23H32FN5O4S/c1-4-29(5-2)34(32,33)20-13-21(27(3)16-20)22(30)28-11-7-8-17(15-28)14-25-23(31)26-19-10-6-9-18(24)12-19/h6,9-10,12-13,16-17H,4-5,7-8,11,14-15H2,1-3H3,(H2,25,26,31). The topological polar surface area (TPSA) is 104 Å². The van der Waals surface area contributed by atoms with Gasteiger partial charge in [0.1, 0.15) is 16.4 Å². The Balaban J connectivity index is 1.61. The molecule has 1 aromatic carbocycles. The predicted molar refractivity (Wildman–Crippen MR) is 128 cm³/mol. The maximum Gasteiger partial charge on any atom is 0.319 e. The lowest BCUT2D eigenvalue weighted by atomic mass is 9.98. The van der Waals surface area contributed by atoms with Crippen molar-refractivity contribution in [3.05, 3.63) is 48.0 Å². The highest BCUT2D eigenvalue weighted by Crippen LogP contribution is 2.22. The average molecular weight is 494 g/mol. The van der Waals surface area contributed by atoms with E-state index >= 15 is 0 Å². The summed E-state index contributed by atoms with van der Waals surface area (Å²) in [6.45, 7) is 5.62. The number of carbonyl (C=O) groups excluding carboxylic acids is 2. The summed E-state index contributed by atoms with van der Waals surface area (Å²) >= 11 is 0. The van der Waals surface area contributed by atoms with E-state index in [2.05, 4.69) is 10.6 Å². The van der Waals surface area contributed by atoms with E-state index in [9.17, 15) is 22.4 Å². The molecule has 3 rings (SSSR count). The van der Waals surface area contributed by atoms with Crippen LogP contribution in [0.4, 0.5) is 14.9 Å². The molecule has 1 saturated heterocycles. The Morgan fingerprint density at radius 2 is 1.94 bits per heavy atom. The molecule has 0 saturated carbocycles. The Morgan fingerprint density at radius 1 is 1.21 bits per heavy atom. The van der Waals surface area contributed by atoms with Crippen LogP contribution in [0.3, 0.4) is 0 Å². The first kappa shape index (κ1) is 25.7. The number of urea groups is 1. The highest BCUT2D eigenvalue weighted by molar-refractivity contribution is 7.89. The van der Waals surface area contributed by atoms with Gasteiger partial charge in [-0.2, -0.15) is 4.31 Å². The van der Waals surface area contributed by atoms with Crippen LogP contribution < -0.4 is 10.6 Å². The number of nitrogens with one attached hydrogen (secondary N) is 2. The third-order valence-electron chi connectivity index (χ3n) is 5.98. The van der Waals surface area contributed by atoms with Crippen molar-refractivity contribution in [1.29, 1.82) is 0 Å². The number of anilines is 1. The number of aryl methyl sites for hydroxylation is 1. The second kappa shape index (κ2) is 11.0. The summed E-state index contributed by atoms with van der Waals surface area (Å²) in [5.41, 5.74) is 0.667. The Morgan fingerprint density at radius 3 is 2.62 bits per heavy atom. The number of hydrogen-bond acceptors (Lipinski definition) is 4. The van der Waals surface area contributed by atoms with E-state index in [1.807, 2.05) is 0 Å². The van der Waals surface area contributed by atoms with Gasteiger partial charge in [0.05, 0.1) is 0 Å². The fourth-order valence-electron chi connectivity index (χ4n) is 4.16. The molecule has 11 heteroatoms. The Labute approximate surface area is 200 Å². The van der Waals surface area contributed by atoms with Gasteiger partial charge in [0.2, 0.25) is 10.0 Å². The Hall–Kier alpha value is -2.92. The van der Waals surface area contributed by atoms with Crippen molar-refractivity contribution in [1.82, 2.24) is 19.1 Å². The van der Waals surface area contributed by atoms with E-state index in [1.54, 1.807) is 36.4 Å². The smallest absolute Gasteiger partial charge is 0.319 e.